The van der Waals surface area contributed by atoms with E-state index in [9.17, 15) is 5.11 Å². The Morgan fingerprint density at radius 2 is 2.29 bits per heavy atom. The van der Waals surface area contributed by atoms with Crippen molar-refractivity contribution in [2.45, 2.75) is 6.42 Å². The van der Waals surface area contributed by atoms with Gasteiger partial charge in [0.15, 0.2) is 0 Å². The van der Waals surface area contributed by atoms with Gasteiger partial charge in [0.2, 0.25) is 0 Å². The molecule has 1 aromatic heterocycles. The summed E-state index contributed by atoms with van der Waals surface area (Å²) < 4.78 is 5.04. The van der Waals surface area contributed by atoms with Gasteiger partial charge in [-0.15, -0.1) is 11.3 Å². The van der Waals surface area contributed by atoms with Crippen LogP contribution in [0.2, 0.25) is 5.02 Å². The number of benzene rings is 1. The Morgan fingerprint density at radius 3 is 3.04 bits per heavy atom. The Morgan fingerprint density at radius 1 is 1.46 bits per heavy atom. The third kappa shape index (κ3) is 3.45. The average Bonchev–Trinajstić information content (AvgIpc) is 3.13. The Labute approximate surface area is 149 Å². The quantitative estimate of drug-likeness (QED) is 0.759. The summed E-state index contributed by atoms with van der Waals surface area (Å²) >= 11 is 7.45. The molecule has 0 radical (unpaired) electrons. The van der Waals surface area contributed by atoms with E-state index in [1.807, 2.05) is 34.5 Å². The van der Waals surface area contributed by atoms with Crippen LogP contribution in [-0.2, 0) is 4.74 Å². The number of rotatable bonds is 6. The third-order valence-electron chi connectivity index (χ3n) is 3.80. The van der Waals surface area contributed by atoms with Crippen molar-refractivity contribution < 1.29 is 9.84 Å². The lowest BCUT2D eigenvalue weighted by molar-refractivity contribution is 0.186. The molecule has 0 saturated carbocycles. The van der Waals surface area contributed by atoms with Crippen molar-refractivity contribution in [2.75, 3.05) is 26.8 Å². The van der Waals surface area contributed by atoms with Crippen LogP contribution in [0.4, 0.5) is 0 Å². The first-order valence-electron chi connectivity index (χ1n) is 7.57. The molecule has 0 saturated heterocycles. The molecule has 5 nitrogen and oxygen atoms in total. The number of amidine groups is 1. The minimum atomic E-state index is 0.199. The number of ether oxygens (including phenoxy) is 1. The summed E-state index contributed by atoms with van der Waals surface area (Å²) in [6.07, 6.45) is 0.811. The van der Waals surface area contributed by atoms with Crippen molar-refractivity contribution in [1.82, 2.24) is 9.88 Å². The van der Waals surface area contributed by atoms with Crippen LogP contribution in [-0.4, -0.2) is 47.6 Å². The van der Waals surface area contributed by atoms with Crippen molar-refractivity contribution in [3.63, 3.8) is 0 Å². The van der Waals surface area contributed by atoms with Crippen molar-refractivity contribution in [3.05, 3.63) is 45.4 Å². The highest BCUT2D eigenvalue weighted by Gasteiger charge is 2.29. The van der Waals surface area contributed by atoms with E-state index in [4.69, 9.17) is 21.7 Å². The molecule has 0 spiro atoms. The van der Waals surface area contributed by atoms with Gasteiger partial charge in [-0.25, -0.2) is 4.98 Å². The maximum atomic E-state index is 10.3. The molecule has 0 atom stereocenters. The van der Waals surface area contributed by atoms with E-state index in [1.165, 1.54) is 11.3 Å². The van der Waals surface area contributed by atoms with Gasteiger partial charge in [0, 0.05) is 36.2 Å². The second kappa shape index (κ2) is 7.34. The zero-order chi connectivity index (χ0) is 17.1. The minimum absolute atomic E-state index is 0.199. The first-order chi connectivity index (χ1) is 11.6. The standard InChI is InChI=1S/C17H18ClN3O2S/c1-23-7-3-6-21-9-14(22)15(16(21)19)17-20-13(10-24-17)11-4-2-5-12(18)8-11/h2,4-5,8,10,19,22H,3,6-7,9H2,1H3. The molecule has 2 N–H and O–H groups in total. The summed E-state index contributed by atoms with van der Waals surface area (Å²) in [4.78, 5) is 6.42. The van der Waals surface area contributed by atoms with Crippen LogP contribution in [0, 0.1) is 5.41 Å². The summed E-state index contributed by atoms with van der Waals surface area (Å²) in [5.41, 5.74) is 2.24. The summed E-state index contributed by atoms with van der Waals surface area (Å²) in [6.45, 7) is 1.66. The Bertz CT molecular complexity index is 788. The van der Waals surface area contributed by atoms with Crippen molar-refractivity contribution >= 4 is 34.3 Å². The summed E-state index contributed by atoms with van der Waals surface area (Å²) in [5.74, 6) is 0.514. The molecule has 0 aliphatic carbocycles. The first kappa shape index (κ1) is 17.0. The van der Waals surface area contributed by atoms with E-state index in [0.29, 0.717) is 41.1 Å². The topological polar surface area (TPSA) is 69.4 Å². The van der Waals surface area contributed by atoms with Gasteiger partial charge < -0.3 is 14.7 Å². The predicted molar refractivity (Wildman–Crippen MR) is 97.9 cm³/mol. The molecule has 0 bridgehead atoms. The number of thiazole rings is 1. The Kier molecular flexibility index (Phi) is 5.18. The molecular formula is C17H18ClN3O2S. The van der Waals surface area contributed by atoms with Crippen molar-refractivity contribution in [1.29, 1.82) is 5.41 Å². The minimum Gasteiger partial charge on any atom is -0.510 e. The van der Waals surface area contributed by atoms with Crippen LogP contribution < -0.4 is 0 Å². The first-order valence-corrected chi connectivity index (χ1v) is 8.82. The summed E-state index contributed by atoms with van der Waals surface area (Å²) in [6, 6.07) is 7.49. The molecular weight excluding hydrogens is 346 g/mol. The molecule has 0 amide bonds. The van der Waals surface area contributed by atoms with Crippen LogP contribution in [0.3, 0.4) is 0 Å². The van der Waals surface area contributed by atoms with E-state index in [0.717, 1.165) is 17.7 Å². The number of hydrogen-bond donors (Lipinski definition) is 2. The molecule has 1 aliphatic rings. The zero-order valence-electron chi connectivity index (χ0n) is 13.3. The maximum absolute atomic E-state index is 10.3. The maximum Gasteiger partial charge on any atom is 0.135 e. The monoisotopic (exact) mass is 363 g/mol. The molecule has 7 heteroatoms. The molecule has 126 valence electrons. The third-order valence-corrected chi connectivity index (χ3v) is 4.89. The summed E-state index contributed by atoms with van der Waals surface area (Å²) in [5, 5.41) is 21.8. The average molecular weight is 364 g/mol. The van der Waals surface area contributed by atoms with Crippen LogP contribution in [0.1, 0.15) is 11.4 Å². The van der Waals surface area contributed by atoms with Gasteiger partial charge >= 0.3 is 0 Å². The fourth-order valence-corrected chi connectivity index (χ4v) is 3.70. The highest BCUT2D eigenvalue weighted by molar-refractivity contribution is 7.11. The van der Waals surface area contributed by atoms with E-state index in [2.05, 4.69) is 4.98 Å². The van der Waals surface area contributed by atoms with Crippen LogP contribution in [0.15, 0.2) is 35.4 Å². The Hall–Kier alpha value is -1.89. The predicted octanol–water partition coefficient (Wildman–Crippen LogP) is 4.06. The molecule has 2 heterocycles. The fourth-order valence-electron chi connectivity index (χ4n) is 2.62. The van der Waals surface area contributed by atoms with E-state index < -0.39 is 0 Å². The number of aliphatic hydroxyl groups excluding tert-OH is 1. The van der Waals surface area contributed by atoms with Gasteiger partial charge in [-0.3, -0.25) is 5.41 Å². The Balaban J connectivity index is 1.80. The number of halogens is 1. The summed E-state index contributed by atoms with van der Waals surface area (Å²) in [7, 11) is 1.66. The molecule has 1 aromatic carbocycles. The number of methoxy groups -OCH3 is 1. The van der Waals surface area contributed by atoms with Crippen molar-refractivity contribution in [2.24, 2.45) is 0 Å². The highest BCUT2D eigenvalue weighted by Crippen LogP contribution is 2.32. The van der Waals surface area contributed by atoms with Gasteiger partial charge in [0.05, 0.1) is 17.8 Å². The van der Waals surface area contributed by atoms with Crippen LogP contribution >= 0.6 is 22.9 Å². The molecule has 1 aliphatic heterocycles. The molecule has 24 heavy (non-hydrogen) atoms. The molecule has 0 unspecified atom stereocenters. The van der Waals surface area contributed by atoms with Gasteiger partial charge in [0.25, 0.3) is 0 Å². The smallest absolute Gasteiger partial charge is 0.135 e. The number of aromatic nitrogens is 1. The molecule has 0 fully saturated rings. The van der Waals surface area contributed by atoms with Crippen LogP contribution in [0.5, 0.6) is 0 Å². The number of nitrogens with zero attached hydrogens (tertiary/aromatic N) is 2. The number of aliphatic hydroxyl groups is 1. The lowest BCUT2D eigenvalue weighted by Gasteiger charge is -2.17. The van der Waals surface area contributed by atoms with Crippen molar-refractivity contribution in [3.8, 4) is 11.3 Å². The SMILES string of the molecule is COCCCN1CC(O)=C(c2nc(-c3cccc(Cl)c3)cs2)C1=N. The van der Waals surface area contributed by atoms with Gasteiger partial charge in [-0.2, -0.15) is 0 Å². The lowest BCUT2D eigenvalue weighted by Crippen LogP contribution is -2.28. The van der Waals surface area contributed by atoms with Gasteiger partial charge in [0.1, 0.15) is 16.6 Å². The second-order valence-corrected chi connectivity index (χ2v) is 6.78. The number of hydrogen-bond acceptors (Lipinski definition) is 5. The molecule has 3 rings (SSSR count). The van der Waals surface area contributed by atoms with Gasteiger partial charge in [-0.1, -0.05) is 23.7 Å². The number of nitrogens with one attached hydrogen (secondary N) is 1. The van der Waals surface area contributed by atoms with Crippen LogP contribution in [0.25, 0.3) is 16.8 Å². The van der Waals surface area contributed by atoms with E-state index in [1.54, 1.807) is 7.11 Å². The second-order valence-electron chi connectivity index (χ2n) is 5.49. The van der Waals surface area contributed by atoms with Gasteiger partial charge in [-0.05, 0) is 18.6 Å². The zero-order valence-corrected chi connectivity index (χ0v) is 14.8. The van der Waals surface area contributed by atoms with E-state index in [-0.39, 0.29) is 5.76 Å². The molecule has 2 aromatic rings. The van der Waals surface area contributed by atoms with E-state index >= 15 is 0 Å². The fraction of sp³-hybridized carbons (Fsp3) is 0.294. The largest absolute Gasteiger partial charge is 0.510 e. The lowest BCUT2D eigenvalue weighted by atomic mass is 10.2. The normalized spacial score (nSPS) is 14.8. The highest BCUT2D eigenvalue weighted by atomic mass is 35.5.